The van der Waals surface area contributed by atoms with E-state index < -0.39 is 12.0 Å². The molecule has 16 heavy (non-hydrogen) atoms. The van der Waals surface area contributed by atoms with Gasteiger partial charge in [0.15, 0.2) is 0 Å². The molecular formula is C10H15NO5. The first-order valence-corrected chi connectivity index (χ1v) is 4.44. The van der Waals surface area contributed by atoms with Crippen molar-refractivity contribution in [1.82, 2.24) is 5.32 Å². The molecule has 0 radical (unpaired) electrons. The van der Waals surface area contributed by atoms with Crippen LogP contribution in [0.1, 0.15) is 11.1 Å². The summed E-state index contributed by atoms with van der Waals surface area (Å²) in [5.74, 6) is -0.608. The van der Waals surface area contributed by atoms with Gasteiger partial charge < -0.3 is 26.5 Å². The summed E-state index contributed by atoms with van der Waals surface area (Å²) in [6.45, 7) is 0.501. The molecule has 0 amide bonds. The summed E-state index contributed by atoms with van der Waals surface area (Å²) in [4.78, 5) is 10.7. The number of fused-ring (bicyclic) bond motifs is 1. The number of carbonyl (C=O) groups is 1. The predicted octanol–water partition coefficient (Wildman–Crippen LogP) is -1.16. The van der Waals surface area contributed by atoms with Crippen molar-refractivity contribution >= 4 is 5.97 Å². The van der Waals surface area contributed by atoms with Crippen molar-refractivity contribution in [2.45, 2.75) is 19.0 Å². The fourth-order valence-electron chi connectivity index (χ4n) is 1.68. The summed E-state index contributed by atoms with van der Waals surface area (Å²) in [6, 6.07) is 4.53. The van der Waals surface area contributed by atoms with Crippen molar-refractivity contribution < 1.29 is 26.0 Å². The molecular weight excluding hydrogens is 214 g/mol. The molecule has 1 aromatic carbocycles. The SMILES string of the molecule is O.O.O=C(O)C1Cc2ccc(O)cc2CN1. The van der Waals surface area contributed by atoms with Crippen LogP contribution in [0.3, 0.4) is 0 Å². The van der Waals surface area contributed by atoms with E-state index in [9.17, 15) is 9.90 Å². The topological polar surface area (TPSA) is 133 Å². The summed E-state index contributed by atoms with van der Waals surface area (Å²) in [5, 5.41) is 20.9. The lowest BCUT2D eigenvalue weighted by molar-refractivity contribution is -0.139. The minimum absolute atomic E-state index is 0. The average molecular weight is 229 g/mol. The minimum atomic E-state index is -0.830. The second kappa shape index (κ2) is 5.45. The molecule has 0 spiro atoms. The van der Waals surface area contributed by atoms with E-state index >= 15 is 0 Å². The van der Waals surface area contributed by atoms with Crippen molar-refractivity contribution in [3.63, 3.8) is 0 Å². The van der Waals surface area contributed by atoms with Crippen LogP contribution < -0.4 is 5.32 Å². The van der Waals surface area contributed by atoms with Crippen LogP contribution in [0, 0.1) is 0 Å². The van der Waals surface area contributed by atoms with Gasteiger partial charge in [-0.1, -0.05) is 6.07 Å². The van der Waals surface area contributed by atoms with Gasteiger partial charge in [0.25, 0.3) is 0 Å². The molecule has 7 N–H and O–H groups in total. The van der Waals surface area contributed by atoms with E-state index in [4.69, 9.17) is 5.11 Å². The molecule has 2 rings (SSSR count). The molecule has 90 valence electrons. The van der Waals surface area contributed by atoms with Crippen LogP contribution in [-0.2, 0) is 17.8 Å². The van der Waals surface area contributed by atoms with Gasteiger partial charge in [-0.3, -0.25) is 4.79 Å². The van der Waals surface area contributed by atoms with Gasteiger partial charge in [0.2, 0.25) is 0 Å². The largest absolute Gasteiger partial charge is 0.508 e. The maximum absolute atomic E-state index is 10.7. The summed E-state index contributed by atoms with van der Waals surface area (Å²) >= 11 is 0. The van der Waals surface area contributed by atoms with E-state index in [2.05, 4.69) is 5.32 Å². The number of phenolic OH excluding ortho intramolecular Hbond substituents is 1. The van der Waals surface area contributed by atoms with Crippen molar-refractivity contribution in [1.29, 1.82) is 0 Å². The molecule has 6 nitrogen and oxygen atoms in total. The van der Waals surface area contributed by atoms with Crippen LogP contribution in [0.5, 0.6) is 5.75 Å². The highest BCUT2D eigenvalue weighted by atomic mass is 16.4. The Kier molecular flexibility index (Phi) is 4.90. The summed E-state index contributed by atoms with van der Waals surface area (Å²) in [6.07, 6.45) is 0.477. The Morgan fingerprint density at radius 3 is 2.62 bits per heavy atom. The van der Waals surface area contributed by atoms with Crippen LogP contribution >= 0.6 is 0 Å². The molecule has 0 aromatic heterocycles. The van der Waals surface area contributed by atoms with Crippen LogP contribution in [0.25, 0.3) is 0 Å². The first kappa shape index (κ1) is 14.4. The minimum Gasteiger partial charge on any atom is -0.508 e. The highest BCUT2D eigenvalue weighted by Gasteiger charge is 2.23. The van der Waals surface area contributed by atoms with Crippen molar-refractivity contribution in [2.24, 2.45) is 0 Å². The van der Waals surface area contributed by atoms with Crippen LogP contribution in [0.2, 0.25) is 0 Å². The van der Waals surface area contributed by atoms with Gasteiger partial charge in [0, 0.05) is 6.54 Å². The Hall–Kier alpha value is -1.63. The van der Waals surface area contributed by atoms with E-state index in [0.717, 1.165) is 11.1 Å². The quantitative estimate of drug-likeness (QED) is 0.560. The number of phenols is 1. The highest BCUT2D eigenvalue weighted by Crippen LogP contribution is 2.21. The molecule has 0 bridgehead atoms. The monoisotopic (exact) mass is 229 g/mol. The molecule has 1 aliphatic heterocycles. The number of hydrogen-bond donors (Lipinski definition) is 3. The Bertz CT molecular complexity index is 379. The molecule has 0 saturated heterocycles. The maximum Gasteiger partial charge on any atom is 0.321 e. The van der Waals surface area contributed by atoms with Crippen LogP contribution in [-0.4, -0.2) is 33.2 Å². The van der Waals surface area contributed by atoms with Gasteiger partial charge in [0.05, 0.1) is 0 Å². The molecule has 1 aliphatic rings. The van der Waals surface area contributed by atoms with E-state index in [0.29, 0.717) is 13.0 Å². The number of carboxylic acid groups (broad SMARTS) is 1. The molecule has 0 fully saturated rings. The van der Waals surface area contributed by atoms with Crippen molar-refractivity contribution in [2.75, 3.05) is 0 Å². The van der Waals surface area contributed by atoms with Crippen molar-refractivity contribution in [3.05, 3.63) is 29.3 Å². The number of aromatic hydroxyl groups is 1. The van der Waals surface area contributed by atoms with E-state index in [1.807, 2.05) is 0 Å². The fraction of sp³-hybridized carbons (Fsp3) is 0.300. The lowest BCUT2D eigenvalue weighted by atomic mass is 9.96. The summed E-state index contributed by atoms with van der Waals surface area (Å²) in [5.41, 5.74) is 1.97. The number of nitrogens with one attached hydrogen (secondary N) is 1. The first-order chi connectivity index (χ1) is 6.66. The standard InChI is InChI=1S/C10H11NO3.2H2O/c12-8-2-1-6-4-9(10(13)14)11-5-7(6)3-8;;/h1-3,9,11-12H,4-5H2,(H,13,14);2*1H2. The van der Waals surface area contributed by atoms with Gasteiger partial charge in [-0.15, -0.1) is 0 Å². The third kappa shape index (κ3) is 2.69. The van der Waals surface area contributed by atoms with E-state index in [-0.39, 0.29) is 16.7 Å². The zero-order chi connectivity index (χ0) is 10.1. The highest BCUT2D eigenvalue weighted by molar-refractivity contribution is 5.74. The Labute approximate surface area is 92.1 Å². The normalized spacial score (nSPS) is 17.6. The lowest BCUT2D eigenvalue weighted by Crippen LogP contribution is -2.41. The molecule has 1 aromatic rings. The number of benzene rings is 1. The average Bonchev–Trinajstić information content (AvgIpc) is 2.16. The van der Waals surface area contributed by atoms with Gasteiger partial charge in [0.1, 0.15) is 11.8 Å². The Morgan fingerprint density at radius 1 is 1.31 bits per heavy atom. The van der Waals surface area contributed by atoms with Crippen LogP contribution in [0.4, 0.5) is 0 Å². The second-order valence-electron chi connectivity index (χ2n) is 3.43. The molecule has 1 atom stereocenters. The first-order valence-electron chi connectivity index (χ1n) is 4.44. The number of rotatable bonds is 1. The van der Waals surface area contributed by atoms with E-state index in [1.165, 1.54) is 0 Å². The maximum atomic E-state index is 10.7. The molecule has 0 saturated carbocycles. The zero-order valence-electron chi connectivity index (χ0n) is 8.53. The third-order valence-corrected chi connectivity index (χ3v) is 2.45. The lowest BCUT2D eigenvalue weighted by Gasteiger charge is -2.22. The van der Waals surface area contributed by atoms with E-state index in [1.54, 1.807) is 18.2 Å². The Balaban J connectivity index is 0.00000112. The third-order valence-electron chi connectivity index (χ3n) is 2.45. The Morgan fingerprint density at radius 2 is 2.00 bits per heavy atom. The van der Waals surface area contributed by atoms with Gasteiger partial charge in [-0.05, 0) is 29.7 Å². The fourth-order valence-corrected chi connectivity index (χ4v) is 1.68. The molecule has 0 aliphatic carbocycles. The van der Waals surface area contributed by atoms with Gasteiger partial charge >= 0.3 is 5.97 Å². The number of carboxylic acids is 1. The predicted molar refractivity (Wildman–Crippen MR) is 57.3 cm³/mol. The molecule has 1 heterocycles. The van der Waals surface area contributed by atoms with Crippen LogP contribution in [0.15, 0.2) is 18.2 Å². The zero-order valence-corrected chi connectivity index (χ0v) is 8.53. The second-order valence-corrected chi connectivity index (χ2v) is 3.43. The van der Waals surface area contributed by atoms with Gasteiger partial charge in [-0.2, -0.15) is 0 Å². The molecule has 1 unspecified atom stereocenters. The number of hydrogen-bond acceptors (Lipinski definition) is 3. The van der Waals surface area contributed by atoms with Crippen molar-refractivity contribution in [3.8, 4) is 5.75 Å². The summed E-state index contributed by atoms with van der Waals surface area (Å²) in [7, 11) is 0. The van der Waals surface area contributed by atoms with Gasteiger partial charge in [-0.25, -0.2) is 0 Å². The molecule has 6 heteroatoms. The smallest absolute Gasteiger partial charge is 0.321 e. The summed E-state index contributed by atoms with van der Waals surface area (Å²) < 4.78 is 0. The number of aliphatic carboxylic acids is 1.